The molecule has 0 heterocycles. The van der Waals surface area contributed by atoms with Crippen molar-refractivity contribution in [1.82, 2.24) is 10.2 Å². The molecule has 1 aromatic carbocycles. The Balaban J connectivity index is 1.87. The van der Waals surface area contributed by atoms with Gasteiger partial charge in [-0.3, -0.25) is 4.90 Å². The Morgan fingerprint density at radius 1 is 1.14 bits per heavy atom. The van der Waals surface area contributed by atoms with E-state index >= 15 is 0 Å². The molecule has 1 N–H and O–H groups in total. The zero-order valence-electron chi connectivity index (χ0n) is 14.2. The van der Waals surface area contributed by atoms with Crippen molar-refractivity contribution in [2.24, 2.45) is 0 Å². The molecule has 2 atom stereocenters. The highest BCUT2D eigenvalue weighted by atomic mass is 15.1. The first-order chi connectivity index (χ1) is 10.1. The molecule has 2 rings (SSSR count). The van der Waals surface area contributed by atoms with E-state index < -0.39 is 0 Å². The molecule has 0 bridgehead atoms. The van der Waals surface area contributed by atoms with Crippen molar-refractivity contribution in [3.05, 3.63) is 35.4 Å². The smallest absolute Gasteiger partial charge is 0.0236 e. The summed E-state index contributed by atoms with van der Waals surface area (Å²) in [6.07, 6.45) is 3.96. The van der Waals surface area contributed by atoms with Gasteiger partial charge in [0.25, 0.3) is 0 Å². The lowest BCUT2D eigenvalue weighted by atomic mass is 9.99. The number of nitrogens with zero attached hydrogens (tertiary/aromatic N) is 1. The highest BCUT2D eigenvalue weighted by molar-refractivity contribution is 5.25. The monoisotopic (exact) mass is 288 g/mol. The minimum absolute atomic E-state index is 0.608. The summed E-state index contributed by atoms with van der Waals surface area (Å²) in [6, 6.07) is 10.7. The second-order valence-corrected chi connectivity index (χ2v) is 6.65. The lowest BCUT2D eigenvalue weighted by Gasteiger charge is -2.27. The normalized spacial score (nSPS) is 18.0. The van der Waals surface area contributed by atoms with Gasteiger partial charge in [0, 0.05) is 25.2 Å². The fraction of sp³-hybridized carbons (Fsp3) is 0.684. The van der Waals surface area contributed by atoms with Gasteiger partial charge in [0.1, 0.15) is 0 Å². The Hall–Kier alpha value is -0.860. The Kier molecular flexibility index (Phi) is 6.25. The first-order valence-electron chi connectivity index (χ1n) is 8.70. The molecule has 0 spiro atoms. The van der Waals surface area contributed by atoms with E-state index in [4.69, 9.17) is 0 Å². The van der Waals surface area contributed by atoms with Gasteiger partial charge in [0.2, 0.25) is 0 Å². The van der Waals surface area contributed by atoms with Gasteiger partial charge in [0.15, 0.2) is 0 Å². The summed E-state index contributed by atoms with van der Waals surface area (Å²) in [5.74, 6) is 0.608. The predicted octanol–water partition coefficient (Wildman–Crippen LogP) is 4.16. The molecule has 0 aliphatic heterocycles. The zero-order chi connectivity index (χ0) is 15.2. The minimum Gasteiger partial charge on any atom is -0.313 e. The summed E-state index contributed by atoms with van der Waals surface area (Å²) >= 11 is 0. The van der Waals surface area contributed by atoms with Crippen LogP contribution in [0.4, 0.5) is 0 Å². The van der Waals surface area contributed by atoms with Crippen molar-refractivity contribution < 1.29 is 0 Å². The molecular formula is C19H32N2. The molecule has 0 radical (unpaired) electrons. The number of hydrogen-bond donors (Lipinski definition) is 1. The quantitative estimate of drug-likeness (QED) is 0.734. The van der Waals surface area contributed by atoms with Gasteiger partial charge >= 0.3 is 0 Å². The molecule has 1 fully saturated rings. The molecule has 0 amide bonds. The van der Waals surface area contributed by atoms with E-state index in [2.05, 4.69) is 62.2 Å². The summed E-state index contributed by atoms with van der Waals surface area (Å²) < 4.78 is 0. The lowest BCUT2D eigenvalue weighted by Crippen LogP contribution is -2.31. The van der Waals surface area contributed by atoms with Crippen molar-refractivity contribution in [3.8, 4) is 0 Å². The molecule has 1 saturated carbocycles. The molecule has 0 aromatic heterocycles. The SMILES string of the molecule is CCC(C)N(CC)Cc1ccc(C(C)CNC2CC2)cc1. The van der Waals surface area contributed by atoms with E-state index in [1.807, 2.05) is 0 Å². The van der Waals surface area contributed by atoms with Gasteiger partial charge in [-0.05, 0) is 49.8 Å². The number of nitrogens with one attached hydrogen (secondary N) is 1. The molecule has 1 aliphatic carbocycles. The van der Waals surface area contributed by atoms with Crippen molar-refractivity contribution >= 4 is 0 Å². The molecule has 1 aromatic rings. The van der Waals surface area contributed by atoms with E-state index in [1.165, 1.54) is 30.4 Å². The van der Waals surface area contributed by atoms with Crippen LogP contribution in [-0.4, -0.2) is 30.1 Å². The van der Waals surface area contributed by atoms with Crippen molar-refractivity contribution in [2.75, 3.05) is 13.1 Å². The fourth-order valence-electron chi connectivity index (χ4n) is 2.77. The van der Waals surface area contributed by atoms with E-state index in [0.29, 0.717) is 12.0 Å². The molecule has 2 nitrogen and oxygen atoms in total. The van der Waals surface area contributed by atoms with Crippen LogP contribution in [0.2, 0.25) is 0 Å². The Bertz CT molecular complexity index is 408. The Morgan fingerprint density at radius 3 is 2.33 bits per heavy atom. The number of rotatable bonds is 9. The third kappa shape index (κ3) is 5.12. The molecule has 2 unspecified atom stereocenters. The van der Waals surface area contributed by atoms with Crippen LogP contribution in [0.15, 0.2) is 24.3 Å². The van der Waals surface area contributed by atoms with Crippen LogP contribution in [0.3, 0.4) is 0 Å². The minimum atomic E-state index is 0.608. The van der Waals surface area contributed by atoms with E-state index in [9.17, 15) is 0 Å². The van der Waals surface area contributed by atoms with Crippen molar-refractivity contribution in [2.45, 2.75) is 71.5 Å². The van der Waals surface area contributed by atoms with Gasteiger partial charge in [0.05, 0.1) is 0 Å². The van der Waals surface area contributed by atoms with Crippen LogP contribution in [-0.2, 0) is 6.54 Å². The van der Waals surface area contributed by atoms with E-state index in [0.717, 1.165) is 25.7 Å². The van der Waals surface area contributed by atoms with E-state index in [1.54, 1.807) is 0 Å². The van der Waals surface area contributed by atoms with Crippen molar-refractivity contribution in [3.63, 3.8) is 0 Å². The first-order valence-corrected chi connectivity index (χ1v) is 8.70. The molecule has 1 aliphatic rings. The molecule has 21 heavy (non-hydrogen) atoms. The molecule has 2 heteroatoms. The largest absolute Gasteiger partial charge is 0.313 e. The van der Waals surface area contributed by atoms with Gasteiger partial charge in [-0.15, -0.1) is 0 Å². The maximum atomic E-state index is 3.63. The third-order valence-electron chi connectivity index (χ3n) is 4.84. The average Bonchev–Trinajstić information content (AvgIpc) is 3.34. The fourth-order valence-corrected chi connectivity index (χ4v) is 2.77. The van der Waals surface area contributed by atoms with E-state index in [-0.39, 0.29) is 0 Å². The van der Waals surface area contributed by atoms with Crippen LogP contribution in [0, 0.1) is 0 Å². The number of hydrogen-bond acceptors (Lipinski definition) is 2. The van der Waals surface area contributed by atoms with Gasteiger partial charge in [-0.2, -0.15) is 0 Å². The van der Waals surface area contributed by atoms with Crippen LogP contribution in [0.1, 0.15) is 64.0 Å². The van der Waals surface area contributed by atoms with Gasteiger partial charge in [-0.1, -0.05) is 45.0 Å². The maximum absolute atomic E-state index is 3.63. The third-order valence-corrected chi connectivity index (χ3v) is 4.84. The van der Waals surface area contributed by atoms with Crippen LogP contribution < -0.4 is 5.32 Å². The Morgan fingerprint density at radius 2 is 1.81 bits per heavy atom. The summed E-state index contributed by atoms with van der Waals surface area (Å²) in [5, 5.41) is 3.63. The van der Waals surface area contributed by atoms with Gasteiger partial charge < -0.3 is 5.32 Å². The molecule has 118 valence electrons. The second-order valence-electron chi connectivity index (χ2n) is 6.65. The summed E-state index contributed by atoms with van der Waals surface area (Å²) in [7, 11) is 0. The van der Waals surface area contributed by atoms with Crippen LogP contribution >= 0.6 is 0 Å². The topological polar surface area (TPSA) is 15.3 Å². The number of benzene rings is 1. The first kappa shape index (κ1) is 16.5. The summed E-state index contributed by atoms with van der Waals surface area (Å²) in [6.45, 7) is 12.5. The molecular weight excluding hydrogens is 256 g/mol. The Labute approximate surface area is 130 Å². The average molecular weight is 288 g/mol. The maximum Gasteiger partial charge on any atom is 0.0236 e. The highest BCUT2D eigenvalue weighted by Gasteiger charge is 2.21. The zero-order valence-corrected chi connectivity index (χ0v) is 14.2. The van der Waals surface area contributed by atoms with Gasteiger partial charge in [-0.25, -0.2) is 0 Å². The lowest BCUT2D eigenvalue weighted by molar-refractivity contribution is 0.206. The molecule has 0 saturated heterocycles. The standard InChI is InChI=1S/C19H32N2/c1-5-16(4)21(6-2)14-17-7-9-18(10-8-17)15(3)13-20-19-11-12-19/h7-10,15-16,19-20H,5-6,11-14H2,1-4H3. The predicted molar refractivity (Wildman–Crippen MR) is 91.7 cm³/mol. The van der Waals surface area contributed by atoms with Crippen LogP contribution in [0.25, 0.3) is 0 Å². The highest BCUT2D eigenvalue weighted by Crippen LogP contribution is 2.21. The summed E-state index contributed by atoms with van der Waals surface area (Å²) in [4.78, 5) is 2.55. The summed E-state index contributed by atoms with van der Waals surface area (Å²) in [5.41, 5.74) is 2.89. The van der Waals surface area contributed by atoms with Crippen molar-refractivity contribution in [1.29, 1.82) is 0 Å². The van der Waals surface area contributed by atoms with Crippen LogP contribution in [0.5, 0.6) is 0 Å². The second kappa shape index (κ2) is 7.95.